The quantitative estimate of drug-likeness (QED) is 0.707. The van der Waals surface area contributed by atoms with E-state index in [0.717, 1.165) is 30.7 Å². The van der Waals surface area contributed by atoms with Gasteiger partial charge in [0, 0.05) is 19.2 Å². The van der Waals surface area contributed by atoms with Crippen molar-refractivity contribution < 1.29 is 23.6 Å². The monoisotopic (exact) mass is 455 g/mol. The molecule has 1 saturated heterocycles. The van der Waals surface area contributed by atoms with Crippen molar-refractivity contribution >= 4 is 11.8 Å². The highest BCUT2D eigenvalue weighted by Gasteiger charge is 2.47. The highest BCUT2D eigenvalue weighted by Crippen LogP contribution is 2.30. The predicted molar refractivity (Wildman–Crippen MR) is 122 cm³/mol. The van der Waals surface area contributed by atoms with Crippen molar-refractivity contribution in [3.05, 3.63) is 47.3 Å². The molecular formula is C25H33N3O5. The first-order valence-electron chi connectivity index (χ1n) is 11.9. The Morgan fingerprint density at radius 1 is 1.15 bits per heavy atom. The van der Waals surface area contributed by atoms with Gasteiger partial charge in [-0.25, -0.2) is 0 Å². The van der Waals surface area contributed by atoms with Crippen LogP contribution in [0.2, 0.25) is 0 Å². The summed E-state index contributed by atoms with van der Waals surface area (Å²) in [5.41, 5.74) is 0.858. The van der Waals surface area contributed by atoms with Gasteiger partial charge >= 0.3 is 0 Å². The molecule has 0 bridgehead atoms. The third-order valence-electron chi connectivity index (χ3n) is 6.53. The van der Waals surface area contributed by atoms with Crippen molar-refractivity contribution in [1.29, 1.82) is 0 Å². The van der Waals surface area contributed by atoms with Crippen molar-refractivity contribution in [2.75, 3.05) is 39.4 Å². The Kier molecular flexibility index (Phi) is 7.33. The molecule has 0 saturated carbocycles. The van der Waals surface area contributed by atoms with Crippen molar-refractivity contribution in [1.82, 2.24) is 15.0 Å². The van der Waals surface area contributed by atoms with Crippen LogP contribution in [0.15, 0.2) is 34.9 Å². The summed E-state index contributed by atoms with van der Waals surface area (Å²) < 4.78 is 17.5. The lowest BCUT2D eigenvalue weighted by Crippen LogP contribution is -2.62. The molecule has 1 spiro atoms. The number of aryl methyl sites for hydroxylation is 2. The summed E-state index contributed by atoms with van der Waals surface area (Å²) in [6.07, 6.45) is 3.84. The minimum atomic E-state index is -1.06. The van der Waals surface area contributed by atoms with Gasteiger partial charge in [-0.2, -0.15) is 0 Å². The van der Waals surface area contributed by atoms with Crippen LogP contribution in [0.25, 0.3) is 0 Å². The normalized spacial score (nSPS) is 22.3. The Morgan fingerprint density at radius 3 is 2.79 bits per heavy atom. The van der Waals surface area contributed by atoms with Crippen LogP contribution < -0.4 is 4.74 Å². The minimum Gasteiger partial charge on any atom is -0.491 e. The van der Waals surface area contributed by atoms with Gasteiger partial charge in [0.05, 0.1) is 25.4 Å². The molecule has 0 radical (unpaired) electrons. The van der Waals surface area contributed by atoms with Gasteiger partial charge in [0.25, 0.3) is 11.8 Å². The third kappa shape index (κ3) is 5.05. The van der Waals surface area contributed by atoms with Gasteiger partial charge in [-0.05, 0) is 50.7 Å². The molecule has 3 heterocycles. The van der Waals surface area contributed by atoms with Gasteiger partial charge < -0.3 is 23.8 Å². The number of nitrogens with zero attached hydrogens (tertiary/aromatic N) is 3. The van der Waals surface area contributed by atoms with Crippen LogP contribution in [-0.4, -0.2) is 71.8 Å². The molecule has 0 N–H and O–H groups in total. The number of benzene rings is 1. The molecule has 2 aliphatic heterocycles. The molecule has 2 aromatic rings. The van der Waals surface area contributed by atoms with E-state index in [0.29, 0.717) is 45.7 Å². The largest absolute Gasteiger partial charge is 0.491 e. The number of rotatable bonds is 3. The van der Waals surface area contributed by atoms with Crippen LogP contribution in [-0.2, 0) is 22.4 Å². The number of fused-ring (bicyclic) bond motifs is 1. The van der Waals surface area contributed by atoms with Crippen LogP contribution in [0.5, 0.6) is 5.75 Å². The lowest BCUT2D eigenvalue weighted by atomic mass is 9.91. The molecule has 1 unspecified atom stereocenters. The highest BCUT2D eigenvalue weighted by molar-refractivity contribution is 5.93. The van der Waals surface area contributed by atoms with Gasteiger partial charge in [0.15, 0.2) is 5.60 Å². The Morgan fingerprint density at radius 2 is 2.00 bits per heavy atom. The zero-order chi connectivity index (χ0) is 23.3. The summed E-state index contributed by atoms with van der Waals surface area (Å²) >= 11 is 0. The maximum atomic E-state index is 13.7. The third-order valence-corrected chi connectivity index (χ3v) is 6.53. The summed E-state index contributed by atoms with van der Waals surface area (Å²) in [5.74, 6) is 0.776. The van der Waals surface area contributed by atoms with Gasteiger partial charge in [-0.15, -0.1) is 0 Å². The number of aromatic nitrogens is 1. The number of carbonyl (C=O) groups is 2. The van der Waals surface area contributed by atoms with E-state index < -0.39 is 5.60 Å². The van der Waals surface area contributed by atoms with Crippen molar-refractivity contribution in [3.63, 3.8) is 0 Å². The second kappa shape index (κ2) is 10.4. The maximum Gasteiger partial charge on any atom is 0.292 e. The van der Waals surface area contributed by atoms with Crippen LogP contribution >= 0.6 is 0 Å². The number of hydrogen-bond acceptors (Lipinski definition) is 6. The molecule has 2 amide bonds. The predicted octanol–water partition coefficient (Wildman–Crippen LogP) is 3.10. The summed E-state index contributed by atoms with van der Waals surface area (Å²) in [7, 11) is 0. The molecule has 33 heavy (non-hydrogen) atoms. The van der Waals surface area contributed by atoms with Gasteiger partial charge in [-0.1, -0.05) is 30.3 Å². The standard InChI is InChI=1S/C25H33N3O5/c1-3-20-17-22(33-26-20)23(29)28-14-16-32-25(18-28)12-8-7-10-19-9-5-6-11-21(19)31-15-13-27(4-2)24(25)30/h5-6,9,11,17H,3-4,7-8,10,12-16,18H2,1-2H3. The topological polar surface area (TPSA) is 85.1 Å². The zero-order valence-corrected chi connectivity index (χ0v) is 19.5. The Hall–Kier alpha value is -2.87. The van der Waals surface area contributed by atoms with E-state index >= 15 is 0 Å². The minimum absolute atomic E-state index is 0.0771. The number of carbonyl (C=O) groups excluding carboxylic acids is 2. The summed E-state index contributed by atoms with van der Waals surface area (Å²) in [6.45, 7) is 6.27. The van der Waals surface area contributed by atoms with E-state index in [1.807, 2.05) is 32.0 Å². The molecule has 1 aromatic carbocycles. The second-order valence-corrected chi connectivity index (χ2v) is 8.65. The molecule has 0 aliphatic carbocycles. The van der Waals surface area contributed by atoms with Crippen molar-refractivity contribution in [2.45, 2.75) is 51.6 Å². The molecule has 1 aromatic heterocycles. The number of likely N-dealkylation sites (N-methyl/N-ethyl adjacent to an activating group) is 1. The zero-order valence-electron chi connectivity index (χ0n) is 19.5. The average molecular weight is 456 g/mol. The second-order valence-electron chi connectivity index (χ2n) is 8.65. The smallest absolute Gasteiger partial charge is 0.292 e. The number of hydrogen-bond donors (Lipinski definition) is 0. The van der Waals surface area contributed by atoms with E-state index in [1.54, 1.807) is 15.9 Å². The fourth-order valence-corrected chi connectivity index (χ4v) is 4.61. The molecule has 8 nitrogen and oxygen atoms in total. The molecule has 1 atom stereocenters. The number of morpholine rings is 1. The van der Waals surface area contributed by atoms with E-state index in [-0.39, 0.29) is 24.1 Å². The fraction of sp³-hybridized carbons (Fsp3) is 0.560. The number of para-hydroxylation sites is 1. The molecule has 8 heteroatoms. The number of ether oxygens (including phenoxy) is 2. The van der Waals surface area contributed by atoms with E-state index in [9.17, 15) is 9.59 Å². The van der Waals surface area contributed by atoms with Gasteiger partial charge in [-0.3, -0.25) is 9.59 Å². The van der Waals surface area contributed by atoms with Crippen molar-refractivity contribution in [3.8, 4) is 5.75 Å². The van der Waals surface area contributed by atoms with Gasteiger partial charge in [0.2, 0.25) is 5.76 Å². The first-order valence-corrected chi connectivity index (χ1v) is 11.9. The van der Waals surface area contributed by atoms with Crippen LogP contribution in [0.3, 0.4) is 0 Å². The summed E-state index contributed by atoms with van der Waals surface area (Å²) in [6, 6.07) is 9.77. The van der Waals surface area contributed by atoms with Crippen LogP contribution in [0.4, 0.5) is 0 Å². The number of amides is 2. The first kappa shape index (κ1) is 23.3. The molecule has 4 rings (SSSR count). The molecule has 2 aliphatic rings. The van der Waals surface area contributed by atoms with Gasteiger partial charge in [0.1, 0.15) is 12.4 Å². The Bertz CT molecular complexity index is 974. The molecule has 1 fully saturated rings. The van der Waals surface area contributed by atoms with Crippen LogP contribution in [0, 0.1) is 0 Å². The summed E-state index contributed by atoms with van der Waals surface area (Å²) in [4.78, 5) is 30.3. The molecular weight excluding hydrogens is 422 g/mol. The lowest BCUT2D eigenvalue weighted by molar-refractivity contribution is -0.170. The van der Waals surface area contributed by atoms with E-state index in [4.69, 9.17) is 14.0 Å². The fourth-order valence-electron chi connectivity index (χ4n) is 4.61. The Labute approximate surface area is 194 Å². The highest BCUT2D eigenvalue weighted by atomic mass is 16.5. The lowest BCUT2D eigenvalue weighted by Gasteiger charge is -2.43. The van der Waals surface area contributed by atoms with Crippen molar-refractivity contribution in [2.24, 2.45) is 0 Å². The average Bonchev–Trinajstić information content (AvgIpc) is 3.33. The summed E-state index contributed by atoms with van der Waals surface area (Å²) in [5, 5.41) is 3.94. The van der Waals surface area contributed by atoms with Crippen LogP contribution in [0.1, 0.15) is 54.9 Å². The Balaban J connectivity index is 1.55. The SMILES string of the molecule is CCc1cc(C(=O)N2CCOC3(CCCCc4ccccc4OCCN(CC)C3=O)C2)on1. The van der Waals surface area contributed by atoms with E-state index in [1.165, 1.54) is 5.56 Å². The van der Waals surface area contributed by atoms with E-state index in [2.05, 4.69) is 11.2 Å². The maximum absolute atomic E-state index is 13.7. The first-order chi connectivity index (χ1) is 16.1. The molecule has 178 valence electrons.